The lowest BCUT2D eigenvalue weighted by Crippen LogP contribution is -2.20. The Kier molecular flexibility index (Phi) is 3.27. The molecule has 20 heavy (non-hydrogen) atoms. The Bertz CT molecular complexity index is 621. The van der Waals surface area contributed by atoms with E-state index in [2.05, 4.69) is 0 Å². The first-order chi connectivity index (χ1) is 9.62. The maximum atomic E-state index is 11.7. The first-order valence-corrected chi connectivity index (χ1v) is 7.02. The van der Waals surface area contributed by atoms with Crippen molar-refractivity contribution in [1.29, 1.82) is 0 Å². The number of carboxylic acids is 1. The van der Waals surface area contributed by atoms with Crippen molar-refractivity contribution in [2.75, 3.05) is 0 Å². The Morgan fingerprint density at radius 2 is 1.80 bits per heavy atom. The average molecular weight is 287 g/mol. The summed E-state index contributed by atoms with van der Waals surface area (Å²) in [5.41, 5.74) is 1.48. The van der Waals surface area contributed by atoms with E-state index in [0.717, 1.165) is 11.1 Å². The molecule has 1 fully saturated rings. The zero-order valence-corrected chi connectivity index (χ0v) is 11.7. The monoisotopic (exact) mass is 286 g/mol. The maximum absolute atomic E-state index is 11.7. The third-order valence-electron chi connectivity index (χ3n) is 4.14. The van der Waals surface area contributed by atoms with Crippen molar-refractivity contribution < 1.29 is 9.90 Å². The summed E-state index contributed by atoms with van der Waals surface area (Å²) < 4.78 is 0. The van der Waals surface area contributed by atoms with Gasteiger partial charge in [-0.05, 0) is 36.1 Å². The number of hydrogen-bond acceptors (Lipinski definition) is 1. The van der Waals surface area contributed by atoms with E-state index in [1.165, 1.54) is 0 Å². The van der Waals surface area contributed by atoms with Gasteiger partial charge in [0, 0.05) is 10.9 Å². The highest BCUT2D eigenvalue weighted by atomic mass is 35.5. The summed E-state index contributed by atoms with van der Waals surface area (Å²) in [7, 11) is 0. The normalized spacial score (nSPS) is 24.4. The molecule has 0 heterocycles. The zero-order valence-electron chi connectivity index (χ0n) is 10.9. The smallest absolute Gasteiger partial charge is 0.310 e. The quantitative estimate of drug-likeness (QED) is 0.917. The topological polar surface area (TPSA) is 37.3 Å². The molecule has 2 aromatic carbocycles. The second kappa shape index (κ2) is 4.95. The predicted molar refractivity (Wildman–Crippen MR) is 79.0 cm³/mol. The lowest BCUT2D eigenvalue weighted by molar-refractivity contribution is -0.143. The third-order valence-corrected chi connectivity index (χ3v) is 4.39. The first-order valence-electron chi connectivity index (χ1n) is 6.65. The molecule has 102 valence electrons. The Hall–Kier alpha value is -1.80. The van der Waals surface area contributed by atoms with Gasteiger partial charge in [-0.15, -0.1) is 0 Å². The highest BCUT2D eigenvalue weighted by Crippen LogP contribution is 2.61. The number of carbonyl (C=O) groups is 1. The molecule has 1 saturated carbocycles. The van der Waals surface area contributed by atoms with E-state index in [0.29, 0.717) is 17.9 Å². The fourth-order valence-electron chi connectivity index (χ4n) is 2.90. The van der Waals surface area contributed by atoms with Crippen LogP contribution in [0.5, 0.6) is 0 Å². The first kappa shape index (κ1) is 13.2. The van der Waals surface area contributed by atoms with Crippen LogP contribution in [0.15, 0.2) is 54.6 Å². The number of benzene rings is 2. The van der Waals surface area contributed by atoms with Gasteiger partial charge in [-0.2, -0.15) is 0 Å². The number of hydrogen-bond donors (Lipinski definition) is 1. The largest absolute Gasteiger partial charge is 0.481 e. The van der Waals surface area contributed by atoms with Crippen LogP contribution in [-0.2, 0) is 11.2 Å². The summed E-state index contributed by atoms with van der Waals surface area (Å²) in [6.45, 7) is 0. The molecule has 0 saturated heterocycles. The third kappa shape index (κ3) is 2.32. The predicted octanol–water partition coefficient (Wildman–Crippen LogP) is 4.14. The van der Waals surface area contributed by atoms with Crippen LogP contribution >= 0.6 is 11.6 Å². The number of halogens is 1. The van der Waals surface area contributed by atoms with E-state index in [9.17, 15) is 9.90 Å². The van der Waals surface area contributed by atoms with E-state index >= 15 is 0 Å². The van der Waals surface area contributed by atoms with E-state index in [-0.39, 0.29) is 5.92 Å². The van der Waals surface area contributed by atoms with Crippen molar-refractivity contribution in [3.63, 3.8) is 0 Å². The summed E-state index contributed by atoms with van der Waals surface area (Å²) >= 11 is 5.87. The van der Waals surface area contributed by atoms with Gasteiger partial charge in [0.25, 0.3) is 0 Å². The summed E-state index contributed by atoms with van der Waals surface area (Å²) in [4.78, 5) is 11.7. The molecule has 0 spiro atoms. The van der Waals surface area contributed by atoms with Crippen LogP contribution in [0.2, 0.25) is 5.02 Å². The molecule has 1 N–H and O–H groups in total. The summed E-state index contributed by atoms with van der Waals surface area (Å²) in [6.07, 6.45) is 1.26. The van der Waals surface area contributed by atoms with Crippen LogP contribution in [0.3, 0.4) is 0 Å². The molecule has 0 aromatic heterocycles. The maximum Gasteiger partial charge on any atom is 0.310 e. The van der Waals surface area contributed by atoms with E-state index in [4.69, 9.17) is 11.6 Å². The summed E-state index contributed by atoms with van der Waals surface area (Å²) in [6, 6.07) is 17.3. The SMILES string of the molecule is O=C(O)[C@@]1(Cc2ccc(Cl)cc2)C[C@@H]1c1ccccc1. The zero-order chi connectivity index (χ0) is 14.2. The van der Waals surface area contributed by atoms with Crippen molar-refractivity contribution in [1.82, 2.24) is 0 Å². The molecule has 0 aliphatic heterocycles. The van der Waals surface area contributed by atoms with Gasteiger partial charge >= 0.3 is 5.97 Å². The average Bonchev–Trinajstić information content (AvgIpc) is 3.18. The lowest BCUT2D eigenvalue weighted by Gasteiger charge is -2.13. The van der Waals surface area contributed by atoms with Crippen molar-refractivity contribution >= 4 is 17.6 Å². The molecule has 0 unspecified atom stereocenters. The number of carboxylic acid groups (broad SMARTS) is 1. The van der Waals surface area contributed by atoms with Gasteiger partial charge in [-0.25, -0.2) is 0 Å². The number of rotatable bonds is 4. The second-order valence-electron chi connectivity index (χ2n) is 5.43. The van der Waals surface area contributed by atoms with Gasteiger partial charge in [-0.3, -0.25) is 4.79 Å². The summed E-state index contributed by atoms with van der Waals surface area (Å²) in [5, 5.41) is 10.3. The van der Waals surface area contributed by atoms with Gasteiger partial charge in [0.1, 0.15) is 0 Å². The van der Waals surface area contributed by atoms with Crippen LogP contribution in [-0.4, -0.2) is 11.1 Å². The van der Waals surface area contributed by atoms with Gasteiger partial charge < -0.3 is 5.11 Å². The van der Waals surface area contributed by atoms with Crippen molar-refractivity contribution in [2.45, 2.75) is 18.8 Å². The Morgan fingerprint density at radius 3 is 2.40 bits per heavy atom. The minimum Gasteiger partial charge on any atom is -0.481 e. The molecule has 0 radical (unpaired) electrons. The highest BCUT2D eigenvalue weighted by molar-refractivity contribution is 6.30. The molecule has 3 heteroatoms. The second-order valence-corrected chi connectivity index (χ2v) is 5.87. The van der Waals surface area contributed by atoms with Crippen molar-refractivity contribution in [3.8, 4) is 0 Å². The molecule has 1 aliphatic rings. The molecule has 0 bridgehead atoms. The Labute approximate surface area is 123 Å². The molecular weight excluding hydrogens is 272 g/mol. The van der Waals surface area contributed by atoms with Crippen LogP contribution in [0.4, 0.5) is 0 Å². The lowest BCUT2D eigenvalue weighted by atomic mass is 9.91. The van der Waals surface area contributed by atoms with E-state index in [1.54, 1.807) is 0 Å². The van der Waals surface area contributed by atoms with E-state index < -0.39 is 11.4 Å². The molecule has 2 aromatic rings. The van der Waals surface area contributed by atoms with Crippen molar-refractivity contribution in [2.24, 2.45) is 5.41 Å². The Morgan fingerprint density at radius 1 is 1.15 bits per heavy atom. The fourth-order valence-corrected chi connectivity index (χ4v) is 3.03. The molecule has 2 atom stereocenters. The molecular formula is C17H15ClO2. The van der Waals surface area contributed by atoms with Crippen LogP contribution in [0.1, 0.15) is 23.5 Å². The minimum absolute atomic E-state index is 0.108. The van der Waals surface area contributed by atoms with Crippen LogP contribution < -0.4 is 0 Å². The van der Waals surface area contributed by atoms with E-state index in [1.807, 2.05) is 54.6 Å². The highest BCUT2D eigenvalue weighted by Gasteiger charge is 2.60. The molecule has 0 amide bonds. The molecule has 3 rings (SSSR count). The molecule has 2 nitrogen and oxygen atoms in total. The standard InChI is InChI=1S/C17H15ClO2/c18-14-8-6-12(7-9-14)10-17(16(19)20)11-15(17)13-4-2-1-3-5-13/h1-9,15H,10-11H2,(H,19,20)/t15-,17+/m1/s1. The van der Waals surface area contributed by atoms with Gasteiger partial charge in [0.15, 0.2) is 0 Å². The van der Waals surface area contributed by atoms with Gasteiger partial charge in [0.2, 0.25) is 0 Å². The fraction of sp³-hybridized carbons (Fsp3) is 0.235. The minimum atomic E-state index is -0.707. The van der Waals surface area contributed by atoms with Gasteiger partial charge in [-0.1, -0.05) is 54.1 Å². The number of aliphatic carboxylic acids is 1. The molecule has 1 aliphatic carbocycles. The van der Waals surface area contributed by atoms with Crippen LogP contribution in [0, 0.1) is 5.41 Å². The summed E-state index contributed by atoms with van der Waals surface area (Å²) in [5.74, 6) is -0.599. The van der Waals surface area contributed by atoms with Crippen LogP contribution in [0.25, 0.3) is 0 Å². The Balaban J connectivity index is 1.85. The van der Waals surface area contributed by atoms with Gasteiger partial charge in [0.05, 0.1) is 5.41 Å². The van der Waals surface area contributed by atoms with Crippen molar-refractivity contribution in [3.05, 3.63) is 70.7 Å².